The molecule has 0 saturated carbocycles. The fourth-order valence-electron chi connectivity index (χ4n) is 2.01. The Hall–Kier alpha value is 0.0200. The van der Waals surface area contributed by atoms with Crippen molar-refractivity contribution in [1.29, 1.82) is 0 Å². The van der Waals surface area contributed by atoms with Gasteiger partial charge in [0.25, 0.3) is 0 Å². The van der Waals surface area contributed by atoms with Gasteiger partial charge in [0.1, 0.15) is 0 Å². The zero-order valence-electron chi connectivity index (χ0n) is 11.6. The zero-order chi connectivity index (χ0) is 14.1. The molecule has 0 amide bonds. The molecule has 2 N–H and O–H groups in total. The molecule has 4 nitrogen and oxygen atoms in total. The van der Waals surface area contributed by atoms with Gasteiger partial charge in [0.15, 0.2) is 0 Å². The highest BCUT2D eigenvalue weighted by molar-refractivity contribution is 9.10. The number of hydrogen-bond acceptors (Lipinski definition) is 5. The molecular weight excluding hydrogens is 328 g/mol. The van der Waals surface area contributed by atoms with Gasteiger partial charge in [0.2, 0.25) is 0 Å². The van der Waals surface area contributed by atoms with Crippen LogP contribution < -0.4 is 5.73 Å². The van der Waals surface area contributed by atoms with E-state index in [0.717, 1.165) is 30.6 Å². The molecule has 0 aromatic carbocycles. The molecule has 0 bridgehead atoms. The van der Waals surface area contributed by atoms with E-state index in [4.69, 9.17) is 15.2 Å². The average Bonchev–Trinajstić information content (AvgIpc) is 2.83. The summed E-state index contributed by atoms with van der Waals surface area (Å²) in [5, 5.41) is 2.09. The molecule has 1 heterocycles. The minimum Gasteiger partial charge on any atom is -0.385 e. The molecule has 110 valence electrons. The molecule has 1 aromatic rings. The van der Waals surface area contributed by atoms with Gasteiger partial charge in [-0.3, -0.25) is 4.90 Å². The van der Waals surface area contributed by atoms with Gasteiger partial charge in [0.05, 0.1) is 12.6 Å². The normalized spacial score (nSPS) is 13.1. The minimum absolute atomic E-state index is 0.237. The first-order valence-electron chi connectivity index (χ1n) is 6.39. The molecular formula is C13H23BrN2O2S. The molecule has 0 radical (unpaired) electrons. The topological polar surface area (TPSA) is 47.7 Å². The third kappa shape index (κ3) is 5.49. The van der Waals surface area contributed by atoms with Gasteiger partial charge in [-0.2, -0.15) is 0 Å². The second-order valence-electron chi connectivity index (χ2n) is 4.26. The highest BCUT2D eigenvalue weighted by Gasteiger charge is 2.21. The highest BCUT2D eigenvalue weighted by atomic mass is 79.9. The lowest BCUT2D eigenvalue weighted by molar-refractivity contribution is 0.109. The minimum atomic E-state index is 0.237. The third-order valence-corrected chi connectivity index (χ3v) is 4.96. The first kappa shape index (κ1) is 17.1. The second-order valence-corrected chi connectivity index (χ2v) is 6.06. The molecule has 0 fully saturated rings. The van der Waals surface area contributed by atoms with Gasteiger partial charge in [0, 0.05) is 49.8 Å². The third-order valence-electron chi connectivity index (χ3n) is 2.99. The molecule has 0 aliphatic carbocycles. The monoisotopic (exact) mass is 350 g/mol. The lowest BCUT2D eigenvalue weighted by Crippen LogP contribution is -2.37. The SMILES string of the molecule is COCCCN(CCOC)C(CN)c1sccc1Br. The Morgan fingerprint density at radius 2 is 2.05 bits per heavy atom. The quantitative estimate of drug-likeness (QED) is 0.658. The number of hydrogen-bond donors (Lipinski definition) is 1. The summed E-state index contributed by atoms with van der Waals surface area (Å²) in [6.07, 6.45) is 1.000. The van der Waals surface area contributed by atoms with Crippen molar-refractivity contribution in [3.8, 4) is 0 Å². The average molecular weight is 351 g/mol. The van der Waals surface area contributed by atoms with Crippen LogP contribution in [0, 0.1) is 0 Å². The summed E-state index contributed by atoms with van der Waals surface area (Å²) in [7, 11) is 3.46. The Morgan fingerprint density at radius 1 is 1.32 bits per heavy atom. The van der Waals surface area contributed by atoms with Crippen molar-refractivity contribution < 1.29 is 9.47 Å². The Labute approximate surface area is 128 Å². The van der Waals surface area contributed by atoms with E-state index >= 15 is 0 Å². The molecule has 0 aliphatic rings. The van der Waals surface area contributed by atoms with Gasteiger partial charge in [-0.15, -0.1) is 11.3 Å². The van der Waals surface area contributed by atoms with Crippen molar-refractivity contribution >= 4 is 27.3 Å². The molecule has 1 atom stereocenters. The first-order valence-corrected chi connectivity index (χ1v) is 8.06. The largest absolute Gasteiger partial charge is 0.385 e. The summed E-state index contributed by atoms with van der Waals surface area (Å²) in [4.78, 5) is 3.66. The fourth-order valence-corrected chi connectivity index (χ4v) is 3.79. The lowest BCUT2D eigenvalue weighted by Gasteiger charge is -2.30. The van der Waals surface area contributed by atoms with Crippen LogP contribution in [0.5, 0.6) is 0 Å². The van der Waals surface area contributed by atoms with E-state index in [0.29, 0.717) is 13.2 Å². The Kier molecular flexibility index (Phi) is 8.85. The smallest absolute Gasteiger partial charge is 0.0589 e. The molecule has 0 saturated heterocycles. The van der Waals surface area contributed by atoms with Crippen LogP contribution in [0.25, 0.3) is 0 Å². The molecule has 1 aromatic heterocycles. The van der Waals surface area contributed by atoms with Gasteiger partial charge >= 0.3 is 0 Å². The number of halogens is 1. The van der Waals surface area contributed by atoms with E-state index in [2.05, 4.69) is 32.3 Å². The van der Waals surface area contributed by atoms with Crippen LogP contribution in [-0.4, -0.2) is 52.0 Å². The van der Waals surface area contributed by atoms with Crippen LogP contribution in [0.2, 0.25) is 0 Å². The van der Waals surface area contributed by atoms with Crippen LogP contribution in [0.3, 0.4) is 0 Å². The lowest BCUT2D eigenvalue weighted by atomic mass is 10.2. The molecule has 0 aliphatic heterocycles. The van der Waals surface area contributed by atoms with E-state index in [1.54, 1.807) is 25.6 Å². The molecule has 1 rings (SSSR count). The summed E-state index contributed by atoms with van der Waals surface area (Å²) in [5.74, 6) is 0. The summed E-state index contributed by atoms with van der Waals surface area (Å²) < 4.78 is 11.5. The molecule has 0 spiro atoms. The number of rotatable bonds is 10. The summed E-state index contributed by atoms with van der Waals surface area (Å²) in [5.41, 5.74) is 5.98. The first-order chi connectivity index (χ1) is 9.24. The zero-order valence-corrected chi connectivity index (χ0v) is 14.0. The van der Waals surface area contributed by atoms with Crippen molar-refractivity contribution in [3.05, 3.63) is 20.8 Å². The summed E-state index contributed by atoms with van der Waals surface area (Å²) in [6.45, 7) is 3.94. The van der Waals surface area contributed by atoms with Crippen molar-refractivity contribution in [3.63, 3.8) is 0 Å². The summed E-state index contributed by atoms with van der Waals surface area (Å²) in [6, 6.07) is 2.31. The van der Waals surface area contributed by atoms with Gasteiger partial charge in [-0.05, 0) is 33.8 Å². The van der Waals surface area contributed by atoms with Crippen LogP contribution in [0.15, 0.2) is 15.9 Å². The van der Waals surface area contributed by atoms with Crippen molar-refractivity contribution in [2.75, 3.05) is 47.1 Å². The Balaban J connectivity index is 2.71. The number of methoxy groups -OCH3 is 2. The Bertz CT molecular complexity index is 349. The Morgan fingerprint density at radius 3 is 2.58 bits per heavy atom. The van der Waals surface area contributed by atoms with E-state index in [1.807, 2.05) is 0 Å². The molecule has 6 heteroatoms. The number of thiophene rings is 1. The maximum absolute atomic E-state index is 5.98. The second kappa shape index (κ2) is 9.85. The maximum atomic E-state index is 5.98. The van der Waals surface area contributed by atoms with Crippen molar-refractivity contribution in [2.45, 2.75) is 12.5 Å². The predicted molar refractivity (Wildman–Crippen MR) is 83.8 cm³/mol. The van der Waals surface area contributed by atoms with Crippen LogP contribution in [0.4, 0.5) is 0 Å². The maximum Gasteiger partial charge on any atom is 0.0589 e. The van der Waals surface area contributed by atoms with Gasteiger partial charge < -0.3 is 15.2 Å². The van der Waals surface area contributed by atoms with Gasteiger partial charge in [-0.25, -0.2) is 0 Å². The number of ether oxygens (including phenoxy) is 2. The van der Waals surface area contributed by atoms with E-state index < -0.39 is 0 Å². The van der Waals surface area contributed by atoms with Crippen molar-refractivity contribution in [2.24, 2.45) is 5.73 Å². The predicted octanol–water partition coefficient (Wildman–Crippen LogP) is 2.50. The van der Waals surface area contributed by atoms with E-state index in [-0.39, 0.29) is 6.04 Å². The van der Waals surface area contributed by atoms with E-state index in [1.165, 1.54) is 4.88 Å². The van der Waals surface area contributed by atoms with Crippen LogP contribution >= 0.6 is 27.3 Å². The highest BCUT2D eigenvalue weighted by Crippen LogP contribution is 2.32. The van der Waals surface area contributed by atoms with Crippen LogP contribution in [-0.2, 0) is 9.47 Å². The van der Waals surface area contributed by atoms with E-state index in [9.17, 15) is 0 Å². The van der Waals surface area contributed by atoms with Crippen molar-refractivity contribution in [1.82, 2.24) is 4.90 Å². The van der Waals surface area contributed by atoms with Crippen LogP contribution in [0.1, 0.15) is 17.3 Å². The number of nitrogens with zero attached hydrogens (tertiary/aromatic N) is 1. The van der Waals surface area contributed by atoms with Gasteiger partial charge in [-0.1, -0.05) is 0 Å². The molecule has 19 heavy (non-hydrogen) atoms. The fraction of sp³-hybridized carbons (Fsp3) is 0.692. The molecule has 1 unspecified atom stereocenters. The standard InChI is InChI=1S/C13H23BrN2O2S/c1-17-7-3-5-16(6-8-18-2)12(10-15)13-11(14)4-9-19-13/h4,9,12H,3,5-8,10,15H2,1-2H3. The summed E-state index contributed by atoms with van der Waals surface area (Å²) >= 11 is 5.34. The number of nitrogens with two attached hydrogens (primary N) is 1.